The zero-order valence-electron chi connectivity index (χ0n) is 8.58. The zero-order valence-corrected chi connectivity index (χ0v) is 8.58. The maximum atomic E-state index is 10.8. The Morgan fingerprint density at radius 3 is 2.86 bits per heavy atom. The van der Waals surface area contributed by atoms with Gasteiger partial charge in [-0.1, -0.05) is 19.1 Å². The summed E-state index contributed by atoms with van der Waals surface area (Å²) in [5, 5.41) is 2.74. The van der Waals surface area contributed by atoms with E-state index in [4.69, 9.17) is 5.73 Å². The third kappa shape index (κ3) is 2.85. The molecule has 1 rings (SSSR count). The lowest BCUT2D eigenvalue weighted by Gasteiger charge is -2.10. The molecule has 1 aromatic carbocycles. The van der Waals surface area contributed by atoms with E-state index in [0.717, 1.165) is 11.3 Å². The van der Waals surface area contributed by atoms with Crippen molar-refractivity contribution in [2.45, 2.75) is 19.8 Å². The van der Waals surface area contributed by atoms with Crippen LogP contribution in [0.15, 0.2) is 24.3 Å². The SMILES string of the molecule is CC(=O)Nc1cccc(C(C)CN)c1. The molecule has 0 aliphatic carbocycles. The summed E-state index contributed by atoms with van der Waals surface area (Å²) in [6.07, 6.45) is 0. The number of anilines is 1. The summed E-state index contributed by atoms with van der Waals surface area (Å²) in [5.41, 5.74) is 7.55. The highest BCUT2D eigenvalue weighted by molar-refractivity contribution is 5.88. The molecule has 3 heteroatoms. The first-order valence-corrected chi connectivity index (χ1v) is 4.71. The molecule has 1 atom stereocenters. The average molecular weight is 192 g/mol. The van der Waals surface area contributed by atoms with Crippen molar-refractivity contribution in [3.63, 3.8) is 0 Å². The second kappa shape index (κ2) is 4.77. The first kappa shape index (κ1) is 10.7. The largest absolute Gasteiger partial charge is 0.330 e. The lowest BCUT2D eigenvalue weighted by atomic mass is 10.0. The molecule has 1 aromatic rings. The lowest BCUT2D eigenvalue weighted by Crippen LogP contribution is -2.10. The Bertz CT molecular complexity index is 323. The van der Waals surface area contributed by atoms with Crippen molar-refractivity contribution in [1.82, 2.24) is 0 Å². The number of amides is 1. The smallest absolute Gasteiger partial charge is 0.221 e. The van der Waals surface area contributed by atoms with Crippen molar-refractivity contribution < 1.29 is 4.79 Å². The quantitative estimate of drug-likeness (QED) is 0.766. The number of hydrogen-bond donors (Lipinski definition) is 2. The Hall–Kier alpha value is -1.35. The summed E-state index contributed by atoms with van der Waals surface area (Å²) in [6.45, 7) is 4.18. The van der Waals surface area contributed by atoms with E-state index >= 15 is 0 Å². The van der Waals surface area contributed by atoms with Crippen LogP contribution in [0.2, 0.25) is 0 Å². The highest BCUT2D eigenvalue weighted by Gasteiger charge is 2.03. The third-order valence-electron chi connectivity index (χ3n) is 2.13. The van der Waals surface area contributed by atoms with Crippen LogP contribution in [0.4, 0.5) is 5.69 Å². The van der Waals surface area contributed by atoms with Crippen LogP contribution in [0.5, 0.6) is 0 Å². The Morgan fingerprint density at radius 1 is 1.57 bits per heavy atom. The van der Waals surface area contributed by atoms with E-state index in [2.05, 4.69) is 12.2 Å². The Morgan fingerprint density at radius 2 is 2.29 bits per heavy atom. The Labute approximate surface area is 84.3 Å². The summed E-state index contributed by atoms with van der Waals surface area (Å²) < 4.78 is 0. The number of nitrogens with one attached hydrogen (secondary N) is 1. The monoisotopic (exact) mass is 192 g/mol. The lowest BCUT2D eigenvalue weighted by molar-refractivity contribution is -0.114. The Balaban J connectivity index is 2.83. The van der Waals surface area contributed by atoms with Crippen LogP contribution < -0.4 is 11.1 Å². The third-order valence-corrected chi connectivity index (χ3v) is 2.13. The number of benzene rings is 1. The highest BCUT2D eigenvalue weighted by atomic mass is 16.1. The van der Waals surface area contributed by atoms with Gasteiger partial charge in [-0.05, 0) is 30.2 Å². The normalized spacial score (nSPS) is 12.2. The van der Waals surface area contributed by atoms with Gasteiger partial charge in [0, 0.05) is 12.6 Å². The number of hydrogen-bond acceptors (Lipinski definition) is 2. The molecule has 0 fully saturated rings. The number of rotatable bonds is 3. The van der Waals surface area contributed by atoms with Crippen molar-refractivity contribution >= 4 is 11.6 Å². The number of carbonyl (C=O) groups excluding carboxylic acids is 1. The molecule has 14 heavy (non-hydrogen) atoms. The van der Waals surface area contributed by atoms with Gasteiger partial charge in [0.25, 0.3) is 0 Å². The molecular formula is C11H16N2O. The van der Waals surface area contributed by atoms with E-state index in [0.29, 0.717) is 12.5 Å². The minimum atomic E-state index is -0.0532. The molecule has 3 nitrogen and oxygen atoms in total. The minimum Gasteiger partial charge on any atom is -0.330 e. The van der Waals surface area contributed by atoms with Gasteiger partial charge < -0.3 is 11.1 Å². The van der Waals surface area contributed by atoms with Crippen molar-refractivity contribution in [3.05, 3.63) is 29.8 Å². The van der Waals surface area contributed by atoms with Gasteiger partial charge in [0.2, 0.25) is 5.91 Å². The molecule has 0 spiro atoms. The molecule has 0 bridgehead atoms. The summed E-state index contributed by atoms with van der Waals surface area (Å²) >= 11 is 0. The summed E-state index contributed by atoms with van der Waals surface area (Å²) in [6, 6.07) is 7.77. The van der Waals surface area contributed by atoms with Crippen molar-refractivity contribution in [2.24, 2.45) is 5.73 Å². The topological polar surface area (TPSA) is 55.1 Å². The molecule has 0 aliphatic rings. The minimum absolute atomic E-state index is 0.0532. The van der Waals surface area contributed by atoms with Gasteiger partial charge in [-0.3, -0.25) is 4.79 Å². The summed E-state index contributed by atoms with van der Waals surface area (Å²) in [5.74, 6) is 0.270. The van der Waals surface area contributed by atoms with Crippen LogP contribution in [0.1, 0.15) is 25.3 Å². The van der Waals surface area contributed by atoms with Crippen LogP contribution in [0, 0.1) is 0 Å². The van der Waals surface area contributed by atoms with E-state index in [1.165, 1.54) is 6.92 Å². The van der Waals surface area contributed by atoms with Gasteiger partial charge in [-0.15, -0.1) is 0 Å². The second-order valence-corrected chi connectivity index (χ2v) is 3.44. The van der Waals surface area contributed by atoms with E-state index in [1.54, 1.807) is 0 Å². The van der Waals surface area contributed by atoms with Gasteiger partial charge in [-0.25, -0.2) is 0 Å². The standard InChI is InChI=1S/C11H16N2O/c1-8(7-12)10-4-3-5-11(6-10)13-9(2)14/h3-6,8H,7,12H2,1-2H3,(H,13,14). The van der Waals surface area contributed by atoms with Gasteiger partial charge in [0.15, 0.2) is 0 Å². The van der Waals surface area contributed by atoms with Crippen LogP contribution in [-0.4, -0.2) is 12.5 Å². The molecule has 0 aliphatic heterocycles. The zero-order chi connectivity index (χ0) is 10.6. The molecule has 0 aromatic heterocycles. The van der Waals surface area contributed by atoms with Gasteiger partial charge >= 0.3 is 0 Å². The molecule has 0 saturated heterocycles. The molecule has 0 saturated carbocycles. The first-order chi connectivity index (χ1) is 6.63. The maximum Gasteiger partial charge on any atom is 0.221 e. The first-order valence-electron chi connectivity index (χ1n) is 4.71. The van der Waals surface area contributed by atoms with E-state index in [-0.39, 0.29) is 5.91 Å². The molecule has 0 heterocycles. The van der Waals surface area contributed by atoms with Crippen molar-refractivity contribution in [1.29, 1.82) is 0 Å². The van der Waals surface area contributed by atoms with Gasteiger partial charge in [0.1, 0.15) is 0 Å². The average Bonchev–Trinajstić information content (AvgIpc) is 2.16. The van der Waals surface area contributed by atoms with E-state index in [9.17, 15) is 4.79 Å². The molecule has 3 N–H and O–H groups in total. The fourth-order valence-electron chi connectivity index (χ4n) is 1.26. The van der Waals surface area contributed by atoms with Crippen LogP contribution >= 0.6 is 0 Å². The highest BCUT2D eigenvalue weighted by Crippen LogP contribution is 2.18. The van der Waals surface area contributed by atoms with E-state index < -0.39 is 0 Å². The van der Waals surface area contributed by atoms with Gasteiger partial charge in [0.05, 0.1) is 0 Å². The number of carbonyl (C=O) groups is 1. The van der Waals surface area contributed by atoms with Crippen LogP contribution in [-0.2, 0) is 4.79 Å². The molecule has 76 valence electrons. The fourth-order valence-corrected chi connectivity index (χ4v) is 1.26. The predicted octanol–water partition coefficient (Wildman–Crippen LogP) is 1.71. The summed E-state index contributed by atoms with van der Waals surface area (Å²) in [7, 11) is 0. The van der Waals surface area contributed by atoms with Crippen LogP contribution in [0.3, 0.4) is 0 Å². The molecule has 1 unspecified atom stereocenters. The second-order valence-electron chi connectivity index (χ2n) is 3.44. The van der Waals surface area contributed by atoms with E-state index in [1.807, 2.05) is 24.3 Å². The fraction of sp³-hybridized carbons (Fsp3) is 0.364. The van der Waals surface area contributed by atoms with Crippen molar-refractivity contribution in [2.75, 3.05) is 11.9 Å². The molecule has 0 radical (unpaired) electrons. The maximum absolute atomic E-state index is 10.8. The Kier molecular flexibility index (Phi) is 3.65. The van der Waals surface area contributed by atoms with Crippen LogP contribution in [0.25, 0.3) is 0 Å². The molecule has 1 amide bonds. The van der Waals surface area contributed by atoms with Gasteiger partial charge in [-0.2, -0.15) is 0 Å². The molecular weight excluding hydrogens is 176 g/mol. The number of nitrogens with two attached hydrogens (primary N) is 1. The predicted molar refractivity (Wildman–Crippen MR) is 58.2 cm³/mol. The van der Waals surface area contributed by atoms with Crippen molar-refractivity contribution in [3.8, 4) is 0 Å². The summed E-state index contributed by atoms with van der Waals surface area (Å²) in [4.78, 5) is 10.8.